The number of ether oxygens (including phenoxy) is 1. The molecular weight excluding hydrogens is 294 g/mol. The Bertz CT molecular complexity index is 741. The highest BCUT2D eigenvalue weighted by Gasteiger charge is 2.15. The normalized spacial score (nSPS) is 18.2. The van der Waals surface area contributed by atoms with E-state index in [4.69, 9.17) is 4.74 Å². The fourth-order valence-corrected chi connectivity index (χ4v) is 3.11. The Labute approximate surface area is 135 Å². The molecule has 6 nitrogen and oxygen atoms in total. The van der Waals surface area contributed by atoms with E-state index in [0.717, 1.165) is 37.1 Å². The predicted molar refractivity (Wildman–Crippen MR) is 88.3 cm³/mol. The maximum absolute atomic E-state index is 12.3. The molecule has 2 aromatic rings. The molecule has 23 heavy (non-hydrogen) atoms. The summed E-state index contributed by atoms with van der Waals surface area (Å²) >= 11 is 0. The molecule has 0 aliphatic carbocycles. The summed E-state index contributed by atoms with van der Waals surface area (Å²) in [7, 11) is 1.75. The molecule has 1 aliphatic rings. The Morgan fingerprint density at radius 1 is 1.35 bits per heavy atom. The van der Waals surface area contributed by atoms with Gasteiger partial charge in [0.1, 0.15) is 0 Å². The van der Waals surface area contributed by atoms with Crippen molar-refractivity contribution in [3.63, 3.8) is 0 Å². The summed E-state index contributed by atoms with van der Waals surface area (Å²) in [6.07, 6.45) is 2.47. The first kappa shape index (κ1) is 15.8. The fourth-order valence-electron chi connectivity index (χ4n) is 3.11. The van der Waals surface area contributed by atoms with Crippen molar-refractivity contribution in [2.24, 2.45) is 13.0 Å². The number of nitrogens with zero attached hydrogens (tertiary/aromatic N) is 2. The van der Waals surface area contributed by atoms with E-state index in [-0.39, 0.29) is 11.6 Å². The van der Waals surface area contributed by atoms with Crippen LogP contribution >= 0.6 is 0 Å². The number of carbonyl (C=O) groups is 1. The SMILES string of the molecule is Cn1c(=O)n(CCC(=O)NC[C@H]2CCCOC2)c2ccccc21. The zero-order valence-electron chi connectivity index (χ0n) is 13.5. The second-order valence-electron chi connectivity index (χ2n) is 6.12. The third kappa shape index (κ3) is 3.47. The molecule has 0 unspecified atom stereocenters. The lowest BCUT2D eigenvalue weighted by Crippen LogP contribution is -2.34. The molecule has 6 heteroatoms. The summed E-state index contributed by atoms with van der Waals surface area (Å²) in [5.41, 5.74) is 1.67. The monoisotopic (exact) mass is 317 g/mol. The third-order valence-electron chi connectivity index (χ3n) is 4.46. The summed E-state index contributed by atoms with van der Waals surface area (Å²) in [4.78, 5) is 24.3. The van der Waals surface area contributed by atoms with E-state index in [0.29, 0.717) is 25.4 Å². The van der Waals surface area contributed by atoms with E-state index in [9.17, 15) is 9.59 Å². The topological polar surface area (TPSA) is 65.3 Å². The van der Waals surface area contributed by atoms with Crippen molar-refractivity contribution in [3.05, 3.63) is 34.7 Å². The minimum absolute atomic E-state index is 0.0181. The number of aromatic nitrogens is 2. The van der Waals surface area contributed by atoms with Crippen LogP contribution < -0.4 is 11.0 Å². The Morgan fingerprint density at radius 2 is 2.13 bits per heavy atom. The molecule has 0 bridgehead atoms. The number of hydrogen-bond acceptors (Lipinski definition) is 3. The average molecular weight is 317 g/mol. The fraction of sp³-hybridized carbons (Fsp3) is 0.529. The second kappa shape index (κ2) is 7.00. The molecule has 2 heterocycles. The number of aryl methyl sites for hydroxylation is 2. The van der Waals surface area contributed by atoms with Gasteiger partial charge in [-0.2, -0.15) is 0 Å². The van der Waals surface area contributed by atoms with Crippen LogP contribution in [0.25, 0.3) is 11.0 Å². The summed E-state index contributed by atoms with van der Waals surface area (Å²) in [6, 6.07) is 7.64. The highest BCUT2D eigenvalue weighted by molar-refractivity contribution is 5.77. The van der Waals surface area contributed by atoms with Gasteiger partial charge in [0.15, 0.2) is 0 Å². The maximum Gasteiger partial charge on any atom is 0.328 e. The number of para-hydroxylation sites is 2. The number of benzene rings is 1. The van der Waals surface area contributed by atoms with Crippen LogP contribution in [0.1, 0.15) is 19.3 Å². The Balaban J connectivity index is 1.59. The van der Waals surface area contributed by atoms with Gasteiger partial charge in [0.2, 0.25) is 5.91 Å². The van der Waals surface area contributed by atoms with Crippen molar-refractivity contribution < 1.29 is 9.53 Å². The average Bonchev–Trinajstić information content (AvgIpc) is 2.83. The first-order valence-electron chi connectivity index (χ1n) is 8.15. The van der Waals surface area contributed by atoms with Crippen molar-refractivity contribution in [1.82, 2.24) is 14.5 Å². The number of carbonyl (C=O) groups excluding carboxylic acids is 1. The van der Waals surface area contributed by atoms with Gasteiger partial charge >= 0.3 is 5.69 Å². The molecule has 0 radical (unpaired) electrons. The lowest BCUT2D eigenvalue weighted by molar-refractivity contribution is -0.121. The lowest BCUT2D eigenvalue weighted by atomic mass is 10.0. The molecule has 0 spiro atoms. The van der Waals surface area contributed by atoms with E-state index in [1.54, 1.807) is 16.2 Å². The Kier molecular flexibility index (Phi) is 4.81. The molecule has 1 atom stereocenters. The summed E-state index contributed by atoms with van der Waals surface area (Å²) < 4.78 is 8.69. The molecule has 0 saturated carbocycles. The first-order chi connectivity index (χ1) is 11.2. The number of imidazole rings is 1. The molecule has 1 aliphatic heterocycles. The number of nitrogens with one attached hydrogen (secondary N) is 1. The minimum atomic E-state index is -0.0836. The van der Waals surface area contributed by atoms with Gasteiger partial charge < -0.3 is 10.1 Å². The van der Waals surface area contributed by atoms with E-state index >= 15 is 0 Å². The van der Waals surface area contributed by atoms with Crippen LogP contribution in [0.2, 0.25) is 0 Å². The van der Waals surface area contributed by atoms with Crippen LogP contribution in [0.3, 0.4) is 0 Å². The van der Waals surface area contributed by atoms with Crippen molar-refractivity contribution >= 4 is 16.9 Å². The van der Waals surface area contributed by atoms with E-state index in [1.807, 2.05) is 24.3 Å². The minimum Gasteiger partial charge on any atom is -0.381 e. The number of hydrogen-bond donors (Lipinski definition) is 1. The van der Waals surface area contributed by atoms with E-state index in [2.05, 4.69) is 5.32 Å². The predicted octanol–water partition coefficient (Wildman–Crippen LogP) is 1.27. The highest BCUT2D eigenvalue weighted by atomic mass is 16.5. The molecule has 124 valence electrons. The smallest absolute Gasteiger partial charge is 0.328 e. The quantitative estimate of drug-likeness (QED) is 0.903. The van der Waals surface area contributed by atoms with Crippen LogP contribution in [-0.4, -0.2) is 34.8 Å². The number of fused-ring (bicyclic) bond motifs is 1. The van der Waals surface area contributed by atoms with Crippen molar-refractivity contribution in [2.45, 2.75) is 25.8 Å². The van der Waals surface area contributed by atoms with Gasteiger partial charge in [-0.25, -0.2) is 4.79 Å². The Morgan fingerprint density at radius 3 is 2.87 bits per heavy atom. The lowest BCUT2D eigenvalue weighted by Gasteiger charge is -2.22. The summed E-state index contributed by atoms with van der Waals surface area (Å²) in [6.45, 7) is 2.61. The van der Waals surface area contributed by atoms with Crippen molar-refractivity contribution in [1.29, 1.82) is 0 Å². The zero-order chi connectivity index (χ0) is 16.2. The number of rotatable bonds is 5. The van der Waals surface area contributed by atoms with E-state index < -0.39 is 0 Å². The summed E-state index contributed by atoms with van der Waals surface area (Å²) in [5, 5.41) is 2.96. The molecule has 1 aromatic carbocycles. The van der Waals surface area contributed by atoms with Gasteiger partial charge in [-0.3, -0.25) is 13.9 Å². The van der Waals surface area contributed by atoms with Crippen LogP contribution in [-0.2, 0) is 23.1 Å². The van der Waals surface area contributed by atoms with E-state index in [1.165, 1.54) is 0 Å². The summed E-state index contributed by atoms with van der Waals surface area (Å²) in [5.74, 6) is 0.392. The maximum atomic E-state index is 12.3. The first-order valence-corrected chi connectivity index (χ1v) is 8.15. The van der Waals surface area contributed by atoms with Crippen LogP contribution in [0.15, 0.2) is 29.1 Å². The van der Waals surface area contributed by atoms with Crippen LogP contribution in [0.4, 0.5) is 0 Å². The van der Waals surface area contributed by atoms with Crippen LogP contribution in [0.5, 0.6) is 0 Å². The molecule has 1 aromatic heterocycles. The van der Waals surface area contributed by atoms with Crippen LogP contribution in [0, 0.1) is 5.92 Å². The largest absolute Gasteiger partial charge is 0.381 e. The molecular formula is C17H23N3O3. The second-order valence-corrected chi connectivity index (χ2v) is 6.12. The van der Waals surface area contributed by atoms with Crippen molar-refractivity contribution in [3.8, 4) is 0 Å². The third-order valence-corrected chi connectivity index (χ3v) is 4.46. The van der Waals surface area contributed by atoms with Gasteiger partial charge in [-0.05, 0) is 30.9 Å². The van der Waals surface area contributed by atoms with Gasteiger partial charge in [-0.15, -0.1) is 0 Å². The van der Waals surface area contributed by atoms with Gasteiger partial charge in [-0.1, -0.05) is 12.1 Å². The van der Waals surface area contributed by atoms with Gasteiger partial charge in [0.05, 0.1) is 17.6 Å². The van der Waals surface area contributed by atoms with Gasteiger partial charge in [0.25, 0.3) is 0 Å². The zero-order valence-corrected chi connectivity index (χ0v) is 13.5. The molecule has 1 fully saturated rings. The van der Waals surface area contributed by atoms with Crippen molar-refractivity contribution in [2.75, 3.05) is 19.8 Å². The number of amides is 1. The molecule has 1 N–H and O–H groups in total. The molecule has 3 rings (SSSR count). The van der Waals surface area contributed by atoms with Gasteiger partial charge in [0, 0.05) is 33.2 Å². The Hall–Kier alpha value is -2.08. The highest BCUT2D eigenvalue weighted by Crippen LogP contribution is 2.13. The molecule has 1 saturated heterocycles. The standard InChI is InChI=1S/C17H23N3O3/c1-19-14-6-2-3-7-15(14)20(17(19)22)9-8-16(21)18-11-13-5-4-10-23-12-13/h2-3,6-7,13H,4-5,8-12H2,1H3,(H,18,21)/t13-/m1/s1. The molecule has 1 amide bonds.